The fourth-order valence-electron chi connectivity index (χ4n) is 6.39. The lowest BCUT2D eigenvalue weighted by molar-refractivity contribution is -0.882. The zero-order valence-corrected chi connectivity index (χ0v) is 29.3. The first-order chi connectivity index (χ1) is 21.9. The van der Waals surface area contributed by atoms with Gasteiger partial charge in [0.2, 0.25) is 0 Å². The number of hydrogen-bond acceptors (Lipinski definition) is 4. The molecule has 0 unspecified atom stereocenters. The Kier molecular flexibility index (Phi) is 14.1. The van der Waals surface area contributed by atoms with Crippen LogP contribution in [0, 0.1) is 0 Å². The number of anilines is 2. The topological polar surface area (TPSA) is 92.3 Å². The van der Waals surface area contributed by atoms with Crippen LogP contribution in [0.15, 0.2) is 36.4 Å². The number of benzene rings is 2. The van der Waals surface area contributed by atoms with Crippen LogP contribution in [0.4, 0.5) is 11.4 Å². The van der Waals surface area contributed by atoms with Gasteiger partial charge in [0.05, 0.1) is 63.8 Å². The maximum Gasteiger partial charge on any atom is 0.279 e. The number of rotatable bonds is 20. The average Bonchev–Trinajstić information content (AvgIpc) is 2.99. The molecule has 8 heteroatoms. The molecule has 0 saturated heterocycles. The summed E-state index contributed by atoms with van der Waals surface area (Å²) in [7, 11) is 8.16. The van der Waals surface area contributed by atoms with Gasteiger partial charge in [0.15, 0.2) is 24.7 Å². The van der Waals surface area contributed by atoms with Gasteiger partial charge in [-0.2, -0.15) is 0 Å². The van der Waals surface area contributed by atoms with E-state index < -0.39 is 0 Å². The van der Waals surface area contributed by atoms with Crippen molar-refractivity contribution in [2.75, 3.05) is 65.0 Å². The van der Waals surface area contributed by atoms with Gasteiger partial charge in [-0.05, 0) is 37.8 Å². The second-order valence-corrected chi connectivity index (χ2v) is 14.4. The van der Waals surface area contributed by atoms with Crippen LogP contribution in [-0.2, 0) is 9.59 Å². The summed E-state index contributed by atoms with van der Waals surface area (Å²) in [6, 6.07) is 10.00. The zero-order valence-electron chi connectivity index (χ0n) is 29.3. The zero-order chi connectivity index (χ0) is 33.7. The second-order valence-electron chi connectivity index (χ2n) is 14.4. The molecule has 0 fully saturated rings. The molecule has 2 N–H and O–H groups in total. The minimum atomic E-state index is -0.336. The van der Waals surface area contributed by atoms with Crippen LogP contribution in [0.25, 0.3) is 0 Å². The Morgan fingerprint density at radius 3 is 1.26 bits per heavy atom. The standard InChI is InChI=1S/C38H56N4O4/c1-7-9-11-13-15-19-25-41(3,4)27-33(43)39-31-23-24-32(36-35(31)37(45)29-21-17-18-22-30(29)38(36)46)40-34(44)28-42(5,6)26-20-16-14-12-10-8-2/h17-18,21-24H,7-16,19-20,25-28H2,1-6H3/p+2. The van der Waals surface area contributed by atoms with Crippen LogP contribution in [0.1, 0.15) is 123 Å². The predicted molar refractivity (Wildman–Crippen MR) is 187 cm³/mol. The maximum atomic E-state index is 13.8. The number of nitrogens with one attached hydrogen (secondary N) is 2. The van der Waals surface area contributed by atoms with E-state index in [0.717, 1.165) is 38.8 Å². The second kappa shape index (κ2) is 17.5. The van der Waals surface area contributed by atoms with E-state index in [-0.39, 0.29) is 47.6 Å². The fraction of sp³-hybridized carbons (Fsp3) is 0.579. The van der Waals surface area contributed by atoms with Crippen LogP contribution in [-0.4, -0.2) is 86.7 Å². The molecule has 0 atom stereocenters. The lowest BCUT2D eigenvalue weighted by Gasteiger charge is -2.30. The number of fused-ring (bicyclic) bond motifs is 2. The highest BCUT2D eigenvalue weighted by Gasteiger charge is 2.35. The van der Waals surface area contributed by atoms with Crippen molar-refractivity contribution in [1.29, 1.82) is 0 Å². The first-order valence-electron chi connectivity index (χ1n) is 17.5. The molecule has 0 radical (unpaired) electrons. The van der Waals surface area contributed by atoms with E-state index in [9.17, 15) is 19.2 Å². The Bertz CT molecular complexity index is 1260. The van der Waals surface area contributed by atoms with E-state index in [1.807, 2.05) is 28.2 Å². The Morgan fingerprint density at radius 2 is 0.891 bits per heavy atom. The van der Waals surface area contributed by atoms with Gasteiger partial charge in [-0.15, -0.1) is 0 Å². The molecule has 0 aromatic heterocycles. The number of ketones is 2. The quantitative estimate of drug-likeness (QED) is 0.101. The van der Waals surface area contributed by atoms with Crippen molar-refractivity contribution >= 4 is 34.8 Å². The molecule has 2 amide bonds. The lowest BCUT2D eigenvalue weighted by Crippen LogP contribution is -2.46. The summed E-state index contributed by atoms with van der Waals surface area (Å²) in [6.45, 7) is 6.65. The number of nitrogens with zero attached hydrogens (tertiary/aromatic N) is 2. The van der Waals surface area contributed by atoms with Gasteiger partial charge in [0.25, 0.3) is 11.8 Å². The van der Waals surface area contributed by atoms with E-state index >= 15 is 0 Å². The van der Waals surface area contributed by atoms with Gasteiger partial charge < -0.3 is 19.6 Å². The van der Waals surface area contributed by atoms with Crippen LogP contribution < -0.4 is 10.6 Å². The van der Waals surface area contributed by atoms with Crippen molar-refractivity contribution < 1.29 is 28.1 Å². The van der Waals surface area contributed by atoms with Crippen molar-refractivity contribution in [1.82, 2.24) is 0 Å². The van der Waals surface area contributed by atoms with Gasteiger partial charge in [-0.1, -0.05) is 89.5 Å². The van der Waals surface area contributed by atoms with Crippen LogP contribution in [0.3, 0.4) is 0 Å². The SMILES string of the molecule is CCCCCCCC[N+](C)(C)CC(=O)Nc1ccc(NC(=O)C[N+](C)(C)CCCCCCCC)c2c1C(=O)c1ccccc1C2=O. The third-order valence-corrected chi connectivity index (χ3v) is 9.00. The number of hydrogen-bond donors (Lipinski definition) is 2. The summed E-state index contributed by atoms with van der Waals surface area (Å²) in [4.78, 5) is 54.3. The molecule has 3 rings (SSSR count). The van der Waals surface area contributed by atoms with E-state index in [1.54, 1.807) is 36.4 Å². The molecule has 1 aliphatic rings. The predicted octanol–water partition coefficient (Wildman–Crippen LogP) is 7.21. The molecule has 0 aliphatic heterocycles. The van der Waals surface area contributed by atoms with Gasteiger partial charge in [-0.3, -0.25) is 19.2 Å². The highest BCUT2D eigenvalue weighted by atomic mass is 16.2. The number of quaternary nitrogens is 2. The highest BCUT2D eigenvalue weighted by molar-refractivity contribution is 6.32. The van der Waals surface area contributed by atoms with Crippen molar-refractivity contribution in [3.63, 3.8) is 0 Å². The molecule has 0 heterocycles. The van der Waals surface area contributed by atoms with E-state index in [1.165, 1.54) is 51.4 Å². The molecule has 2 aromatic carbocycles. The van der Waals surface area contributed by atoms with E-state index in [0.29, 0.717) is 31.5 Å². The van der Waals surface area contributed by atoms with Crippen molar-refractivity contribution in [3.8, 4) is 0 Å². The van der Waals surface area contributed by atoms with Crippen molar-refractivity contribution in [2.24, 2.45) is 0 Å². The Hall–Kier alpha value is -3.36. The summed E-state index contributed by atoms with van der Waals surface area (Å²) in [5, 5.41) is 5.89. The molecule has 2 aromatic rings. The summed E-state index contributed by atoms with van der Waals surface area (Å²) in [5.41, 5.74) is 1.47. The third-order valence-electron chi connectivity index (χ3n) is 9.00. The van der Waals surface area contributed by atoms with Gasteiger partial charge in [-0.25, -0.2) is 0 Å². The van der Waals surface area contributed by atoms with Crippen LogP contribution >= 0.6 is 0 Å². The number of unbranched alkanes of at least 4 members (excludes halogenated alkanes) is 10. The molecule has 0 saturated carbocycles. The van der Waals surface area contributed by atoms with Crippen LogP contribution in [0.5, 0.6) is 0 Å². The Balaban J connectivity index is 1.76. The molecular formula is C38H58N4O4+2. The lowest BCUT2D eigenvalue weighted by atomic mass is 9.82. The number of carbonyl (C=O) groups excluding carboxylic acids is 4. The Morgan fingerprint density at radius 1 is 0.543 bits per heavy atom. The summed E-state index contributed by atoms with van der Waals surface area (Å²) >= 11 is 0. The molecule has 1 aliphatic carbocycles. The normalized spacial score (nSPS) is 12.9. The summed E-state index contributed by atoms with van der Waals surface area (Å²) < 4.78 is 1.05. The molecular weight excluding hydrogens is 576 g/mol. The number of carbonyl (C=O) groups is 4. The molecule has 252 valence electrons. The minimum absolute atomic E-state index is 0.136. The average molecular weight is 635 g/mol. The monoisotopic (exact) mass is 634 g/mol. The largest absolute Gasteiger partial charge is 0.321 e. The number of likely N-dealkylation sites (N-methyl/N-ethyl adjacent to an activating group) is 2. The van der Waals surface area contributed by atoms with Gasteiger partial charge in [0, 0.05) is 11.1 Å². The van der Waals surface area contributed by atoms with Crippen LogP contribution in [0.2, 0.25) is 0 Å². The smallest absolute Gasteiger partial charge is 0.279 e. The minimum Gasteiger partial charge on any atom is -0.321 e. The van der Waals surface area contributed by atoms with Gasteiger partial charge >= 0.3 is 0 Å². The third kappa shape index (κ3) is 10.9. The van der Waals surface area contributed by atoms with Crippen molar-refractivity contribution in [2.45, 2.75) is 90.9 Å². The number of amides is 2. The molecule has 0 spiro atoms. The maximum absolute atomic E-state index is 13.8. The first kappa shape index (κ1) is 37.1. The van der Waals surface area contributed by atoms with E-state index in [2.05, 4.69) is 24.5 Å². The fourth-order valence-corrected chi connectivity index (χ4v) is 6.39. The Labute approximate surface area is 277 Å². The van der Waals surface area contributed by atoms with E-state index in [4.69, 9.17) is 0 Å². The summed E-state index contributed by atoms with van der Waals surface area (Å²) in [5.74, 6) is -1.11. The highest BCUT2D eigenvalue weighted by Crippen LogP contribution is 2.36. The van der Waals surface area contributed by atoms with Gasteiger partial charge in [0.1, 0.15) is 0 Å². The van der Waals surface area contributed by atoms with Crippen molar-refractivity contribution in [3.05, 3.63) is 58.7 Å². The first-order valence-corrected chi connectivity index (χ1v) is 17.5. The molecule has 0 bridgehead atoms. The summed E-state index contributed by atoms with van der Waals surface area (Å²) in [6.07, 6.45) is 14.3. The molecule has 8 nitrogen and oxygen atoms in total. The molecule has 46 heavy (non-hydrogen) atoms.